The number of furan rings is 1. The molecule has 0 aliphatic heterocycles. The number of hydrogen-bond acceptors (Lipinski definition) is 4. The number of halogens is 1. The molecule has 1 amide bonds. The normalized spacial score (nSPS) is 11.6. The van der Waals surface area contributed by atoms with Crippen molar-refractivity contribution >= 4 is 27.5 Å². The molecule has 0 atom stereocenters. The first-order chi connectivity index (χ1) is 11.8. The molecule has 0 saturated carbocycles. The summed E-state index contributed by atoms with van der Waals surface area (Å²) in [5.41, 5.74) is 1.07. The zero-order chi connectivity index (χ0) is 18.3. The van der Waals surface area contributed by atoms with E-state index in [9.17, 15) is 13.2 Å². The van der Waals surface area contributed by atoms with Crippen molar-refractivity contribution in [1.29, 1.82) is 0 Å². The molecule has 0 bridgehead atoms. The zero-order valence-corrected chi connectivity index (χ0v) is 15.5. The van der Waals surface area contributed by atoms with Crippen LogP contribution >= 0.6 is 11.6 Å². The molecule has 0 aliphatic carbocycles. The van der Waals surface area contributed by atoms with Crippen molar-refractivity contribution in [2.75, 3.05) is 19.3 Å². The minimum Gasteiger partial charge on any atom is -0.468 e. The Morgan fingerprint density at radius 1 is 1.24 bits per heavy atom. The molecule has 0 unspecified atom stereocenters. The van der Waals surface area contributed by atoms with Crippen LogP contribution in [-0.2, 0) is 27.8 Å². The van der Waals surface area contributed by atoms with Gasteiger partial charge in [-0.15, -0.1) is 0 Å². The van der Waals surface area contributed by atoms with Crippen molar-refractivity contribution < 1.29 is 17.6 Å². The minimum atomic E-state index is -3.42. The average molecular weight is 385 g/mol. The summed E-state index contributed by atoms with van der Waals surface area (Å²) in [5, 5.41) is 3.47. The summed E-state index contributed by atoms with van der Waals surface area (Å²) >= 11 is 5.82. The van der Waals surface area contributed by atoms with E-state index >= 15 is 0 Å². The maximum atomic E-state index is 11.9. The van der Waals surface area contributed by atoms with E-state index in [4.69, 9.17) is 16.0 Å². The molecule has 1 heterocycles. The fraction of sp³-hybridized carbons (Fsp3) is 0.353. The standard InChI is InChI=1S/C17H21ClN2O4S/c1-25(22,23)20(13-16-3-2-12-24-16)11-9-17(21)19-10-8-14-4-6-15(18)7-5-14/h2-7,12H,8-11,13H2,1H3,(H,19,21). The second-order valence-corrected chi connectivity index (χ2v) is 8.07. The Bertz CT molecular complexity index is 773. The van der Waals surface area contributed by atoms with E-state index in [2.05, 4.69) is 5.32 Å². The highest BCUT2D eigenvalue weighted by Crippen LogP contribution is 2.10. The van der Waals surface area contributed by atoms with E-state index in [1.54, 1.807) is 24.3 Å². The number of carbonyl (C=O) groups is 1. The van der Waals surface area contributed by atoms with E-state index in [0.717, 1.165) is 11.8 Å². The van der Waals surface area contributed by atoms with Gasteiger partial charge in [0.1, 0.15) is 5.76 Å². The highest BCUT2D eigenvalue weighted by atomic mass is 35.5. The van der Waals surface area contributed by atoms with E-state index in [1.165, 1.54) is 10.6 Å². The molecule has 6 nitrogen and oxygen atoms in total. The van der Waals surface area contributed by atoms with Crippen LogP contribution in [0.4, 0.5) is 0 Å². The fourth-order valence-corrected chi connectivity index (χ4v) is 3.16. The van der Waals surface area contributed by atoms with Crippen LogP contribution < -0.4 is 5.32 Å². The molecule has 1 aromatic carbocycles. The van der Waals surface area contributed by atoms with E-state index in [0.29, 0.717) is 23.7 Å². The molecule has 0 spiro atoms. The molecule has 2 aromatic rings. The SMILES string of the molecule is CS(=O)(=O)N(CCC(=O)NCCc1ccc(Cl)cc1)Cc1ccco1. The second-order valence-electron chi connectivity index (χ2n) is 5.65. The summed E-state index contributed by atoms with van der Waals surface area (Å²) in [7, 11) is -3.42. The zero-order valence-electron chi connectivity index (χ0n) is 13.9. The van der Waals surface area contributed by atoms with Gasteiger partial charge < -0.3 is 9.73 Å². The van der Waals surface area contributed by atoms with E-state index in [1.807, 2.05) is 12.1 Å². The number of benzene rings is 1. The maximum absolute atomic E-state index is 11.9. The van der Waals surface area contributed by atoms with Crippen LogP contribution in [0.5, 0.6) is 0 Å². The summed E-state index contributed by atoms with van der Waals surface area (Å²) in [6, 6.07) is 10.8. The van der Waals surface area contributed by atoms with E-state index in [-0.39, 0.29) is 25.4 Å². The molecule has 8 heteroatoms. The van der Waals surface area contributed by atoms with Crippen LogP contribution in [0.15, 0.2) is 47.1 Å². The average Bonchev–Trinajstić information content (AvgIpc) is 3.05. The van der Waals surface area contributed by atoms with Crippen molar-refractivity contribution in [1.82, 2.24) is 9.62 Å². The quantitative estimate of drug-likeness (QED) is 0.720. The summed E-state index contributed by atoms with van der Waals surface area (Å²) in [4.78, 5) is 11.9. The molecule has 0 radical (unpaired) electrons. The Hall–Kier alpha value is -1.83. The van der Waals surface area contributed by atoms with Crippen LogP contribution in [0.3, 0.4) is 0 Å². The number of nitrogens with one attached hydrogen (secondary N) is 1. The van der Waals surface area contributed by atoms with Gasteiger partial charge in [-0.2, -0.15) is 4.31 Å². The van der Waals surface area contributed by atoms with Gasteiger partial charge in [0.15, 0.2) is 0 Å². The molecule has 25 heavy (non-hydrogen) atoms. The third-order valence-corrected chi connectivity index (χ3v) is 5.12. The third-order valence-electron chi connectivity index (χ3n) is 3.62. The van der Waals surface area contributed by atoms with Crippen molar-refractivity contribution in [3.63, 3.8) is 0 Å². The molecule has 1 aromatic heterocycles. The van der Waals surface area contributed by atoms with Gasteiger partial charge in [0.25, 0.3) is 0 Å². The molecule has 0 aliphatic rings. The van der Waals surface area contributed by atoms with Gasteiger partial charge in [0, 0.05) is 24.5 Å². The van der Waals surface area contributed by atoms with Gasteiger partial charge in [-0.25, -0.2) is 8.42 Å². The van der Waals surface area contributed by atoms with Gasteiger partial charge in [-0.3, -0.25) is 4.79 Å². The maximum Gasteiger partial charge on any atom is 0.221 e. The molecule has 0 saturated heterocycles. The molecule has 136 valence electrons. The van der Waals surface area contributed by atoms with Crippen molar-refractivity contribution in [2.45, 2.75) is 19.4 Å². The van der Waals surface area contributed by atoms with Crippen LogP contribution in [0.25, 0.3) is 0 Å². The Labute approximate surface area is 152 Å². The fourth-order valence-electron chi connectivity index (χ4n) is 2.25. The Morgan fingerprint density at radius 3 is 2.56 bits per heavy atom. The predicted octanol–water partition coefficient (Wildman–Crippen LogP) is 2.44. The van der Waals surface area contributed by atoms with Gasteiger partial charge in [-0.05, 0) is 36.2 Å². The predicted molar refractivity (Wildman–Crippen MR) is 96.7 cm³/mol. The summed E-state index contributed by atoms with van der Waals surface area (Å²) in [5.74, 6) is 0.343. The lowest BCUT2D eigenvalue weighted by molar-refractivity contribution is -0.121. The third kappa shape index (κ3) is 6.89. The highest BCUT2D eigenvalue weighted by Gasteiger charge is 2.19. The number of sulfonamides is 1. The largest absolute Gasteiger partial charge is 0.468 e. The molecular weight excluding hydrogens is 364 g/mol. The van der Waals surface area contributed by atoms with E-state index < -0.39 is 10.0 Å². The minimum absolute atomic E-state index is 0.0917. The van der Waals surface area contributed by atoms with Crippen LogP contribution in [-0.4, -0.2) is 38.0 Å². The number of nitrogens with zero attached hydrogens (tertiary/aromatic N) is 1. The number of rotatable bonds is 9. The van der Waals surface area contributed by atoms with Crippen molar-refractivity contribution in [2.24, 2.45) is 0 Å². The smallest absolute Gasteiger partial charge is 0.221 e. The van der Waals surface area contributed by atoms with Crippen LogP contribution in [0.1, 0.15) is 17.7 Å². The van der Waals surface area contributed by atoms with Gasteiger partial charge in [-0.1, -0.05) is 23.7 Å². The lowest BCUT2D eigenvalue weighted by atomic mass is 10.1. The first kappa shape index (κ1) is 19.5. The summed E-state index contributed by atoms with van der Waals surface area (Å²) in [6.07, 6.45) is 3.38. The van der Waals surface area contributed by atoms with Gasteiger partial charge >= 0.3 is 0 Å². The van der Waals surface area contributed by atoms with Gasteiger partial charge in [0.2, 0.25) is 15.9 Å². The van der Waals surface area contributed by atoms with Crippen LogP contribution in [0.2, 0.25) is 5.02 Å². The lowest BCUT2D eigenvalue weighted by Gasteiger charge is -2.18. The number of carbonyl (C=O) groups excluding carboxylic acids is 1. The summed E-state index contributed by atoms with van der Waals surface area (Å²) in [6.45, 7) is 0.702. The Balaban J connectivity index is 1.77. The first-order valence-electron chi connectivity index (χ1n) is 7.83. The molecule has 1 N–H and O–H groups in total. The Kier molecular flexibility index (Phi) is 7.04. The van der Waals surface area contributed by atoms with Crippen molar-refractivity contribution in [3.05, 3.63) is 59.0 Å². The topological polar surface area (TPSA) is 79.6 Å². The summed E-state index contributed by atoms with van der Waals surface area (Å²) < 4.78 is 30.1. The molecule has 0 fully saturated rings. The number of hydrogen-bond donors (Lipinski definition) is 1. The van der Waals surface area contributed by atoms with Gasteiger partial charge in [0.05, 0.1) is 19.1 Å². The van der Waals surface area contributed by atoms with Crippen LogP contribution in [0, 0.1) is 0 Å². The first-order valence-corrected chi connectivity index (χ1v) is 10.1. The second kappa shape index (κ2) is 9.03. The highest BCUT2D eigenvalue weighted by molar-refractivity contribution is 7.88. The monoisotopic (exact) mass is 384 g/mol. The molecular formula is C17H21ClN2O4S. The Morgan fingerprint density at radius 2 is 1.96 bits per heavy atom. The van der Waals surface area contributed by atoms with Crippen molar-refractivity contribution in [3.8, 4) is 0 Å². The number of amides is 1. The molecule has 2 rings (SSSR count). The lowest BCUT2D eigenvalue weighted by Crippen LogP contribution is -2.34.